The molecule has 7 aromatic rings. The molecule has 2 aromatic heterocycles. The van der Waals surface area contributed by atoms with Gasteiger partial charge in [0.2, 0.25) is 0 Å². The van der Waals surface area contributed by atoms with Crippen LogP contribution in [-0.4, -0.2) is 15.3 Å². The molecule has 58 heavy (non-hydrogen) atoms. The molecule has 0 amide bonds. The summed E-state index contributed by atoms with van der Waals surface area (Å²) in [5, 5.41) is 15.4. The first kappa shape index (κ1) is 34.8. The van der Waals surface area contributed by atoms with Crippen LogP contribution in [0.4, 0.5) is 0 Å². The fourth-order valence-corrected chi connectivity index (χ4v) is 10.6. The molecule has 2 N–H and O–H groups in total. The molecule has 3 heterocycles. The lowest BCUT2D eigenvalue weighted by atomic mass is 9.73. The van der Waals surface area contributed by atoms with Gasteiger partial charge in [-0.3, -0.25) is 0 Å². The summed E-state index contributed by atoms with van der Waals surface area (Å²) in [5.41, 5.74) is 26.4. The minimum atomic E-state index is 0.0279. The standard InChI is InChI=1S/C54H48N4/c1-32-11-13-36(26-34(32)3)38-17-21-48-44(28-38)46-30-40-15-16-41-31-47-45-29-39(37-14-12-33(2)35(4)27-37)18-22-49(45)58(50-10-6-8-24-56-50)54(47)43-20-19-42(51(40)52(41)43)53(46)57(48)25-9-5-7-23-55/h5-14,18,22-31,50,55-56H,15-17,19-21H2,1-4H3/b7-5-,25-9+,55-23?. The van der Waals surface area contributed by atoms with Crippen LogP contribution in [0.25, 0.3) is 72.8 Å². The molecule has 0 fully saturated rings. The third-order valence-electron chi connectivity index (χ3n) is 13.7. The maximum Gasteiger partial charge on any atom is 0.123 e. The van der Waals surface area contributed by atoms with Crippen LogP contribution in [0.1, 0.15) is 73.9 Å². The van der Waals surface area contributed by atoms with Crippen LogP contribution < -0.4 is 5.32 Å². The van der Waals surface area contributed by atoms with E-state index < -0.39 is 0 Å². The van der Waals surface area contributed by atoms with Gasteiger partial charge in [-0.25, -0.2) is 0 Å². The predicted molar refractivity (Wildman–Crippen MR) is 246 cm³/mol. The number of fused-ring (bicyclic) bond motifs is 8. The number of rotatable bonds is 6. The molecule has 284 valence electrons. The highest BCUT2D eigenvalue weighted by Crippen LogP contribution is 2.51. The lowest BCUT2D eigenvalue weighted by Crippen LogP contribution is -2.23. The number of allylic oxidation sites excluding steroid dienone is 6. The highest BCUT2D eigenvalue weighted by atomic mass is 15.2. The van der Waals surface area contributed by atoms with E-state index in [0.717, 1.165) is 38.5 Å². The van der Waals surface area contributed by atoms with E-state index >= 15 is 0 Å². The van der Waals surface area contributed by atoms with Crippen LogP contribution in [0, 0.1) is 33.1 Å². The molecule has 3 aliphatic carbocycles. The summed E-state index contributed by atoms with van der Waals surface area (Å²) >= 11 is 0. The largest absolute Gasteiger partial charge is 0.368 e. The number of aromatic nitrogens is 2. The van der Waals surface area contributed by atoms with Crippen molar-refractivity contribution in [1.82, 2.24) is 14.5 Å². The first-order valence-electron chi connectivity index (χ1n) is 21.0. The molecule has 11 rings (SSSR count). The van der Waals surface area contributed by atoms with Crippen molar-refractivity contribution < 1.29 is 0 Å². The Bertz CT molecular complexity index is 3090. The van der Waals surface area contributed by atoms with Crippen molar-refractivity contribution in [3.8, 4) is 22.3 Å². The first-order valence-corrected chi connectivity index (χ1v) is 21.0. The van der Waals surface area contributed by atoms with Gasteiger partial charge in [0.15, 0.2) is 0 Å². The zero-order valence-corrected chi connectivity index (χ0v) is 33.8. The molecule has 0 spiro atoms. The molecule has 4 nitrogen and oxygen atoms in total. The third-order valence-corrected chi connectivity index (χ3v) is 13.7. The molecule has 5 aromatic carbocycles. The SMILES string of the molecule is Cc1ccc(C2=Cc3c(n(/C=C/C=C\C=N)c4c5c6c(cc34)CCc3cc4c7cc(-c8ccc(C)c(C)c8)ccc7n(C7C=CC=CN7)c4c(c3-6)CC5)CC2)cc1C. The van der Waals surface area contributed by atoms with Gasteiger partial charge in [0.1, 0.15) is 6.17 Å². The molecule has 4 heteroatoms. The van der Waals surface area contributed by atoms with E-state index in [1.165, 1.54) is 128 Å². The molecule has 0 saturated carbocycles. The van der Waals surface area contributed by atoms with Gasteiger partial charge in [0.05, 0.1) is 16.6 Å². The first-order chi connectivity index (χ1) is 28.4. The fraction of sp³-hybridized carbons (Fsp3) is 0.204. The molecule has 1 unspecified atom stereocenters. The molecule has 0 radical (unpaired) electrons. The van der Waals surface area contributed by atoms with Crippen LogP contribution in [-0.2, 0) is 32.1 Å². The Morgan fingerprint density at radius 1 is 0.621 bits per heavy atom. The summed E-state index contributed by atoms with van der Waals surface area (Å²) in [7, 11) is 0. The van der Waals surface area contributed by atoms with E-state index in [1.807, 2.05) is 6.08 Å². The van der Waals surface area contributed by atoms with Crippen molar-refractivity contribution in [2.45, 2.75) is 72.4 Å². The maximum atomic E-state index is 7.58. The molecular weight excluding hydrogens is 705 g/mol. The van der Waals surface area contributed by atoms with Crippen LogP contribution >= 0.6 is 0 Å². The Hall–Kier alpha value is -6.39. The zero-order chi connectivity index (χ0) is 39.2. The van der Waals surface area contributed by atoms with Crippen molar-refractivity contribution in [3.63, 3.8) is 0 Å². The summed E-state index contributed by atoms with van der Waals surface area (Å²) in [5.74, 6) is 0. The summed E-state index contributed by atoms with van der Waals surface area (Å²) in [6.07, 6.45) is 26.8. The van der Waals surface area contributed by atoms with Crippen molar-refractivity contribution >= 4 is 56.8 Å². The van der Waals surface area contributed by atoms with Crippen molar-refractivity contribution in [2.75, 3.05) is 0 Å². The van der Waals surface area contributed by atoms with E-state index in [0.29, 0.717) is 0 Å². The Labute approximate surface area is 340 Å². The predicted octanol–water partition coefficient (Wildman–Crippen LogP) is 12.8. The van der Waals surface area contributed by atoms with Gasteiger partial charge in [-0.05, 0) is 205 Å². The maximum absolute atomic E-state index is 7.58. The van der Waals surface area contributed by atoms with E-state index in [2.05, 4.69) is 152 Å². The average Bonchev–Trinajstić information content (AvgIpc) is 3.75. The van der Waals surface area contributed by atoms with Gasteiger partial charge in [-0.1, -0.05) is 54.6 Å². The lowest BCUT2D eigenvalue weighted by Gasteiger charge is -2.32. The van der Waals surface area contributed by atoms with Gasteiger partial charge in [-0.15, -0.1) is 0 Å². The normalized spacial score (nSPS) is 16.8. The zero-order valence-electron chi connectivity index (χ0n) is 33.8. The smallest absolute Gasteiger partial charge is 0.123 e. The Kier molecular flexibility index (Phi) is 8.01. The van der Waals surface area contributed by atoms with Crippen LogP contribution in [0.2, 0.25) is 0 Å². The Balaban J connectivity index is 1.16. The number of nitrogens with zero attached hydrogens (tertiary/aromatic N) is 2. The minimum absolute atomic E-state index is 0.0279. The fourth-order valence-electron chi connectivity index (χ4n) is 10.6. The van der Waals surface area contributed by atoms with Gasteiger partial charge in [0.25, 0.3) is 0 Å². The van der Waals surface area contributed by atoms with E-state index in [-0.39, 0.29) is 6.17 Å². The van der Waals surface area contributed by atoms with Crippen molar-refractivity contribution in [1.29, 1.82) is 5.41 Å². The van der Waals surface area contributed by atoms with Crippen LogP contribution in [0.15, 0.2) is 109 Å². The summed E-state index contributed by atoms with van der Waals surface area (Å²) < 4.78 is 5.09. The number of nitrogens with one attached hydrogen (secondary N) is 2. The minimum Gasteiger partial charge on any atom is -0.368 e. The second kappa shape index (κ2) is 13.3. The summed E-state index contributed by atoms with van der Waals surface area (Å²) in [6, 6.07) is 26.1. The second-order valence-corrected chi connectivity index (χ2v) is 16.9. The summed E-state index contributed by atoms with van der Waals surface area (Å²) in [4.78, 5) is 0. The number of aryl methyl sites for hydroxylation is 8. The second-order valence-electron chi connectivity index (χ2n) is 16.9. The highest BCUT2D eigenvalue weighted by Gasteiger charge is 2.34. The van der Waals surface area contributed by atoms with Crippen molar-refractivity contribution in [3.05, 3.63) is 171 Å². The van der Waals surface area contributed by atoms with E-state index in [1.54, 1.807) is 6.08 Å². The summed E-state index contributed by atoms with van der Waals surface area (Å²) in [6.45, 7) is 8.84. The number of hydrogen-bond acceptors (Lipinski definition) is 2. The van der Waals surface area contributed by atoms with Gasteiger partial charge < -0.3 is 19.9 Å². The van der Waals surface area contributed by atoms with Gasteiger partial charge in [0, 0.05) is 39.8 Å². The van der Waals surface area contributed by atoms with Crippen LogP contribution in [0.3, 0.4) is 0 Å². The average molecular weight is 753 g/mol. The van der Waals surface area contributed by atoms with E-state index in [4.69, 9.17) is 5.41 Å². The third kappa shape index (κ3) is 5.24. The molecule has 1 atom stereocenters. The Morgan fingerprint density at radius 3 is 2.03 bits per heavy atom. The highest BCUT2D eigenvalue weighted by molar-refractivity contribution is 6.14. The topological polar surface area (TPSA) is 45.7 Å². The molecular formula is C54H48N4. The molecule has 0 saturated heterocycles. The van der Waals surface area contributed by atoms with Crippen molar-refractivity contribution in [2.24, 2.45) is 0 Å². The number of benzene rings is 5. The van der Waals surface area contributed by atoms with E-state index in [9.17, 15) is 0 Å². The monoisotopic (exact) mass is 752 g/mol. The number of dihydropyridines is 1. The van der Waals surface area contributed by atoms with Gasteiger partial charge in [-0.2, -0.15) is 0 Å². The quantitative estimate of drug-likeness (QED) is 0.129. The lowest BCUT2D eigenvalue weighted by molar-refractivity contribution is 0.576. The Morgan fingerprint density at radius 2 is 1.31 bits per heavy atom. The molecule has 4 aliphatic rings. The molecule has 1 aliphatic heterocycles. The molecule has 0 bridgehead atoms. The number of hydrogen-bond donors (Lipinski definition) is 2. The van der Waals surface area contributed by atoms with Crippen LogP contribution in [0.5, 0.6) is 0 Å². The van der Waals surface area contributed by atoms with Gasteiger partial charge >= 0.3 is 0 Å².